The fourth-order valence-electron chi connectivity index (χ4n) is 3.21. The maximum Gasteiger partial charge on any atom is 0.307 e. The van der Waals surface area contributed by atoms with Crippen LogP contribution in [0, 0.1) is 31.1 Å². The second kappa shape index (κ2) is 9.55. The fourth-order valence-corrected chi connectivity index (χ4v) is 3.21. The summed E-state index contributed by atoms with van der Waals surface area (Å²) in [6, 6.07) is 9.41. The summed E-state index contributed by atoms with van der Waals surface area (Å²) in [5.74, 6) is 9.28. The number of hydrogen-bond acceptors (Lipinski definition) is 2. The van der Waals surface area contributed by atoms with Gasteiger partial charge in [-0.1, -0.05) is 44.7 Å². The van der Waals surface area contributed by atoms with Crippen molar-refractivity contribution in [3.8, 4) is 29.9 Å². The van der Waals surface area contributed by atoms with Gasteiger partial charge in [0.25, 0.3) is 0 Å². The molecule has 2 aromatic carbocycles. The van der Waals surface area contributed by atoms with Crippen molar-refractivity contribution in [3.63, 3.8) is 0 Å². The molecule has 3 heteroatoms. The van der Waals surface area contributed by atoms with Crippen LogP contribution in [0.1, 0.15) is 68.0 Å². The van der Waals surface area contributed by atoms with Crippen molar-refractivity contribution in [1.29, 1.82) is 0 Å². The lowest BCUT2D eigenvalue weighted by Gasteiger charge is -2.27. The lowest BCUT2D eigenvalue weighted by Crippen LogP contribution is -2.19. The highest BCUT2D eigenvalue weighted by molar-refractivity contribution is 5.70. The Kier molecular flexibility index (Phi) is 7.36. The fraction of sp³-hybridized carbons (Fsp3) is 0.370. The SMILES string of the molecule is C#CCc1c(C)c(C#Cc2ccc(CC(=O)O)cc2)cc(C(C)(C)C)c1OC(C)C. The monoisotopic (exact) mass is 402 g/mol. The standard InChI is InChI=1S/C27H30O3/c1-8-9-23-19(4)22(17-24(27(5,6)7)26(23)30-18(2)3)15-14-20-10-12-21(13-11-20)16-25(28)29/h1,10-13,17-18H,9,16H2,2-7H3,(H,28,29). The number of ether oxygens (including phenoxy) is 1. The molecule has 0 radical (unpaired) electrons. The predicted molar refractivity (Wildman–Crippen MR) is 122 cm³/mol. The second-order valence-corrected chi connectivity index (χ2v) is 8.72. The van der Waals surface area contributed by atoms with E-state index in [0.29, 0.717) is 6.42 Å². The molecule has 0 heterocycles. The van der Waals surface area contributed by atoms with Crippen molar-refractivity contribution < 1.29 is 14.6 Å². The average molecular weight is 403 g/mol. The third-order valence-electron chi connectivity index (χ3n) is 4.76. The molecule has 0 atom stereocenters. The Balaban J connectivity index is 2.56. The Labute approximate surface area is 180 Å². The van der Waals surface area contributed by atoms with Gasteiger partial charge in [-0.2, -0.15) is 0 Å². The van der Waals surface area contributed by atoms with Crippen molar-refractivity contribution in [2.75, 3.05) is 0 Å². The van der Waals surface area contributed by atoms with Crippen LogP contribution in [0.5, 0.6) is 5.75 Å². The van der Waals surface area contributed by atoms with Crippen molar-refractivity contribution in [2.45, 2.75) is 65.9 Å². The van der Waals surface area contributed by atoms with Gasteiger partial charge in [0.1, 0.15) is 5.75 Å². The van der Waals surface area contributed by atoms with Crippen LogP contribution in [0.25, 0.3) is 0 Å². The van der Waals surface area contributed by atoms with Crippen molar-refractivity contribution in [3.05, 3.63) is 63.7 Å². The first-order valence-electron chi connectivity index (χ1n) is 10.1. The van der Waals surface area contributed by atoms with E-state index in [1.807, 2.05) is 32.9 Å². The maximum atomic E-state index is 10.8. The van der Waals surface area contributed by atoms with Crippen LogP contribution in [0.2, 0.25) is 0 Å². The molecule has 0 spiro atoms. The molecule has 0 aliphatic rings. The lowest BCUT2D eigenvalue weighted by molar-refractivity contribution is -0.136. The van der Waals surface area contributed by atoms with E-state index in [-0.39, 0.29) is 17.9 Å². The van der Waals surface area contributed by atoms with Gasteiger partial charge in [0.2, 0.25) is 0 Å². The molecule has 0 amide bonds. The third kappa shape index (κ3) is 5.91. The van der Waals surface area contributed by atoms with Crippen molar-refractivity contribution >= 4 is 5.97 Å². The van der Waals surface area contributed by atoms with Crippen molar-refractivity contribution in [1.82, 2.24) is 0 Å². The molecule has 0 bridgehead atoms. The number of terminal acetylenes is 1. The first-order chi connectivity index (χ1) is 14.0. The highest BCUT2D eigenvalue weighted by Crippen LogP contribution is 2.38. The first-order valence-corrected chi connectivity index (χ1v) is 10.1. The van der Waals surface area contributed by atoms with Crippen molar-refractivity contribution in [2.24, 2.45) is 0 Å². The molecule has 3 nitrogen and oxygen atoms in total. The minimum atomic E-state index is -0.844. The minimum absolute atomic E-state index is 0.00845. The summed E-state index contributed by atoms with van der Waals surface area (Å²) < 4.78 is 6.21. The molecule has 2 aromatic rings. The van der Waals surface area contributed by atoms with Gasteiger partial charge in [0.15, 0.2) is 0 Å². The zero-order valence-corrected chi connectivity index (χ0v) is 18.7. The smallest absolute Gasteiger partial charge is 0.307 e. The molecular weight excluding hydrogens is 372 g/mol. The van der Waals surface area contributed by atoms with Crippen LogP contribution < -0.4 is 4.74 Å². The summed E-state index contributed by atoms with van der Waals surface area (Å²) in [4.78, 5) is 10.8. The second-order valence-electron chi connectivity index (χ2n) is 8.72. The van der Waals surface area contributed by atoms with Crippen LogP contribution in [0.3, 0.4) is 0 Å². The molecule has 1 N–H and O–H groups in total. The Bertz CT molecular complexity index is 1020. The van der Waals surface area contributed by atoms with E-state index in [9.17, 15) is 4.79 Å². The van der Waals surface area contributed by atoms with E-state index in [1.54, 1.807) is 12.1 Å². The van der Waals surface area contributed by atoms with Crippen LogP contribution in [0.4, 0.5) is 0 Å². The first kappa shape index (κ1) is 23.1. The maximum absolute atomic E-state index is 10.8. The summed E-state index contributed by atoms with van der Waals surface area (Å²) in [5, 5.41) is 8.90. The van der Waals surface area contributed by atoms with Gasteiger partial charge >= 0.3 is 5.97 Å². The van der Waals surface area contributed by atoms with Crippen LogP contribution in [-0.2, 0) is 23.1 Å². The van der Waals surface area contributed by atoms with Gasteiger partial charge < -0.3 is 9.84 Å². The van der Waals surface area contributed by atoms with E-state index in [4.69, 9.17) is 16.3 Å². The molecule has 0 fully saturated rings. The van der Waals surface area contributed by atoms with Crippen LogP contribution in [0.15, 0.2) is 30.3 Å². The van der Waals surface area contributed by atoms with Gasteiger partial charge in [-0.25, -0.2) is 0 Å². The molecular formula is C27H30O3. The number of carboxylic acids is 1. The Morgan fingerprint density at radius 3 is 2.30 bits per heavy atom. The summed E-state index contributed by atoms with van der Waals surface area (Å²) >= 11 is 0. The number of carboxylic acid groups (broad SMARTS) is 1. The molecule has 30 heavy (non-hydrogen) atoms. The Morgan fingerprint density at radius 1 is 1.17 bits per heavy atom. The van der Waals surface area contributed by atoms with E-state index in [1.165, 1.54) is 0 Å². The van der Waals surface area contributed by atoms with E-state index in [0.717, 1.165) is 39.1 Å². The van der Waals surface area contributed by atoms with Gasteiger partial charge in [0.05, 0.1) is 12.5 Å². The topological polar surface area (TPSA) is 46.5 Å². The van der Waals surface area contributed by atoms with Gasteiger partial charge in [0, 0.05) is 28.7 Å². The summed E-state index contributed by atoms with van der Waals surface area (Å²) in [7, 11) is 0. The van der Waals surface area contributed by atoms with E-state index in [2.05, 4.69) is 44.6 Å². The lowest BCUT2D eigenvalue weighted by atomic mass is 9.82. The third-order valence-corrected chi connectivity index (χ3v) is 4.76. The van der Waals surface area contributed by atoms with Gasteiger partial charge in [-0.05, 0) is 55.5 Å². The largest absolute Gasteiger partial charge is 0.490 e. The summed E-state index contributed by atoms with van der Waals surface area (Å²) in [6.07, 6.45) is 6.20. The molecule has 2 rings (SSSR count). The number of hydrogen-bond donors (Lipinski definition) is 1. The van der Waals surface area contributed by atoms with Gasteiger partial charge in [-0.15, -0.1) is 12.3 Å². The minimum Gasteiger partial charge on any atom is -0.490 e. The highest BCUT2D eigenvalue weighted by Gasteiger charge is 2.25. The normalized spacial score (nSPS) is 10.9. The van der Waals surface area contributed by atoms with E-state index < -0.39 is 5.97 Å². The number of benzene rings is 2. The molecule has 0 unspecified atom stereocenters. The molecule has 0 aliphatic carbocycles. The molecule has 0 aliphatic heterocycles. The van der Waals surface area contributed by atoms with Gasteiger partial charge in [-0.3, -0.25) is 4.79 Å². The van der Waals surface area contributed by atoms with Crippen LogP contribution >= 0.6 is 0 Å². The zero-order chi connectivity index (χ0) is 22.5. The number of rotatable bonds is 5. The molecule has 0 saturated heterocycles. The molecule has 0 saturated carbocycles. The summed E-state index contributed by atoms with van der Waals surface area (Å²) in [5.41, 5.74) is 5.53. The summed E-state index contributed by atoms with van der Waals surface area (Å²) in [6.45, 7) is 12.5. The Hall–Kier alpha value is -3.17. The highest BCUT2D eigenvalue weighted by atomic mass is 16.5. The van der Waals surface area contributed by atoms with E-state index >= 15 is 0 Å². The predicted octanol–water partition coefficient (Wildman–Crippen LogP) is 5.28. The number of aliphatic carboxylic acids is 1. The molecule has 0 aromatic heterocycles. The number of carbonyl (C=O) groups is 1. The van der Waals surface area contributed by atoms with Crippen LogP contribution in [-0.4, -0.2) is 17.2 Å². The average Bonchev–Trinajstić information content (AvgIpc) is 2.63. The quantitative estimate of drug-likeness (QED) is 0.692. The zero-order valence-electron chi connectivity index (χ0n) is 18.7. The molecule has 156 valence electrons. The Morgan fingerprint density at radius 2 is 1.80 bits per heavy atom.